The van der Waals surface area contributed by atoms with Crippen LogP contribution in [0.5, 0.6) is 11.5 Å². The van der Waals surface area contributed by atoms with Gasteiger partial charge in [0, 0.05) is 12.0 Å². The van der Waals surface area contributed by atoms with Crippen molar-refractivity contribution in [3.8, 4) is 17.6 Å². The van der Waals surface area contributed by atoms with E-state index in [1.165, 1.54) is 6.07 Å². The van der Waals surface area contributed by atoms with Crippen LogP contribution in [0.15, 0.2) is 6.07 Å². The number of hydrogen-bond donors (Lipinski definition) is 0. The summed E-state index contributed by atoms with van der Waals surface area (Å²) in [5.41, 5.74) is 0.233. The van der Waals surface area contributed by atoms with E-state index in [1.807, 2.05) is 6.07 Å². The van der Waals surface area contributed by atoms with Crippen LogP contribution >= 0.6 is 11.6 Å². The predicted molar refractivity (Wildman–Crippen MR) is 56.3 cm³/mol. The minimum atomic E-state index is -0.604. The molecule has 0 radical (unpaired) electrons. The Morgan fingerprint density at radius 3 is 2.94 bits per heavy atom. The zero-order chi connectivity index (χ0) is 11.5. The Morgan fingerprint density at radius 1 is 1.44 bits per heavy atom. The molecule has 5 heteroatoms. The van der Waals surface area contributed by atoms with Gasteiger partial charge in [0.1, 0.15) is 10.8 Å². The summed E-state index contributed by atoms with van der Waals surface area (Å²) < 4.78 is 24.4. The van der Waals surface area contributed by atoms with Crippen molar-refractivity contribution in [3.05, 3.63) is 22.5 Å². The molecule has 0 unspecified atom stereocenters. The fourth-order valence-electron chi connectivity index (χ4n) is 1.51. The molecule has 2 rings (SSSR count). The number of hydrogen-bond acceptors (Lipinski definition) is 3. The summed E-state index contributed by atoms with van der Waals surface area (Å²) in [4.78, 5) is 0. The van der Waals surface area contributed by atoms with Gasteiger partial charge in [-0.05, 0) is 6.07 Å². The van der Waals surface area contributed by atoms with Crippen LogP contribution in [0.2, 0.25) is 5.02 Å². The Labute approximate surface area is 97.3 Å². The summed E-state index contributed by atoms with van der Waals surface area (Å²) in [6.45, 7) is 0.949. The van der Waals surface area contributed by atoms with Gasteiger partial charge in [0.25, 0.3) is 0 Å². The van der Waals surface area contributed by atoms with Crippen LogP contribution in [-0.2, 0) is 6.42 Å². The normalized spacial score (nSPS) is 14.1. The average Bonchev–Trinajstić information content (AvgIpc) is 2.51. The van der Waals surface area contributed by atoms with E-state index < -0.39 is 5.82 Å². The maximum Gasteiger partial charge on any atom is 0.182 e. The van der Waals surface area contributed by atoms with Gasteiger partial charge >= 0.3 is 0 Å². The van der Waals surface area contributed by atoms with Gasteiger partial charge in [-0.1, -0.05) is 11.6 Å². The molecule has 0 atom stereocenters. The van der Waals surface area contributed by atoms with Gasteiger partial charge in [-0.15, -0.1) is 0 Å². The Hall–Kier alpha value is -1.47. The summed E-state index contributed by atoms with van der Waals surface area (Å²) in [6, 6.07) is 3.36. The summed E-state index contributed by atoms with van der Waals surface area (Å²) >= 11 is 5.84. The summed E-state index contributed by atoms with van der Waals surface area (Å²) in [7, 11) is 0. The number of fused-ring (bicyclic) bond motifs is 1. The molecule has 0 bridgehead atoms. The Balaban J connectivity index is 2.51. The molecule has 0 fully saturated rings. The molecule has 16 heavy (non-hydrogen) atoms. The minimum Gasteiger partial charge on any atom is -0.489 e. The first-order valence-electron chi connectivity index (χ1n) is 4.87. The van der Waals surface area contributed by atoms with Gasteiger partial charge in [-0.2, -0.15) is 5.26 Å². The zero-order valence-electron chi connectivity index (χ0n) is 8.43. The summed E-state index contributed by atoms with van der Waals surface area (Å²) in [5, 5.41) is 8.46. The number of nitriles is 1. The first kappa shape index (κ1) is 11.0. The third kappa shape index (κ3) is 1.91. The van der Waals surface area contributed by atoms with E-state index in [2.05, 4.69) is 0 Å². The van der Waals surface area contributed by atoms with E-state index in [4.69, 9.17) is 26.3 Å². The Kier molecular flexibility index (Phi) is 3.16. The number of benzene rings is 1. The van der Waals surface area contributed by atoms with E-state index >= 15 is 0 Å². The van der Waals surface area contributed by atoms with Crippen LogP contribution in [0.4, 0.5) is 4.39 Å². The average molecular weight is 242 g/mol. The molecule has 3 nitrogen and oxygen atoms in total. The topological polar surface area (TPSA) is 42.2 Å². The molecule has 0 N–H and O–H groups in total. The second-order valence-electron chi connectivity index (χ2n) is 3.38. The molecule has 1 aromatic carbocycles. The molecule has 0 spiro atoms. The predicted octanol–water partition coefficient (Wildman–Crippen LogP) is 2.71. The lowest BCUT2D eigenvalue weighted by Crippen LogP contribution is -1.98. The minimum absolute atomic E-state index is 0.0395. The lowest BCUT2D eigenvalue weighted by atomic mass is 10.1. The third-order valence-electron chi connectivity index (χ3n) is 2.27. The molecule has 0 saturated heterocycles. The number of nitrogens with zero attached hydrogens (tertiary/aromatic N) is 1. The molecule has 1 aliphatic heterocycles. The highest BCUT2D eigenvalue weighted by atomic mass is 35.5. The molecule has 84 valence electrons. The van der Waals surface area contributed by atoms with Gasteiger partial charge in [-0.3, -0.25) is 0 Å². The first-order valence-corrected chi connectivity index (χ1v) is 5.25. The van der Waals surface area contributed by atoms with E-state index in [9.17, 15) is 4.39 Å². The van der Waals surface area contributed by atoms with E-state index in [1.54, 1.807) is 0 Å². The van der Waals surface area contributed by atoms with Gasteiger partial charge in [0.05, 0.1) is 25.7 Å². The molecule has 1 heterocycles. The van der Waals surface area contributed by atoms with Crippen molar-refractivity contribution >= 4 is 11.6 Å². The Bertz CT molecular complexity index is 456. The maximum absolute atomic E-state index is 13.7. The van der Waals surface area contributed by atoms with Gasteiger partial charge < -0.3 is 9.47 Å². The molecular formula is C11H9ClFNO2. The van der Waals surface area contributed by atoms with Crippen LogP contribution in [0.1, 0.15) is 12.0 Å². The fourth-order valence-corrected chi connectivity index (χ4v) is 1.78. The van der Waals surface area contributed by atoms with E-state index in [-0.39, 0.29) is 22.8 Å². The van der Waals surface area contributed by atoms with Gasteiger partial charge in [0.2, 0.25) is 0 Å². The van der Waals surface area contributed by atoms with Crippen molar-refractivity contribution in [1.29, 1.82) is 5.26 Å². The van der Waals surface area contributed by atoms with Crippen LogP contribution in [0, 0.1) is 17.1 Å². The zero-order valence-corrected chi connectivity index (χ0v) is 9.18. The molecule has 1 aromatic rings. The lowest BCUT2D eigenvalue weighted by molar-refractivity contribution is 0.296. The first-order chi connectivity index (χ1) is 7.74. The molecular weight excluding hydrogens is 233 g/mol. The highest BCUT2D eigenvalue weighted by molar-refractivity contribution is 6.32. The molecule has 0 amide bonds. The molecule has 0 aromatic heterocycles. The van der Waals surface area contributed by atoms with Crippen molar-refractivity contribution in [3.63, 3.8) is 0 Å². The van der Waals surface area contributed by atoms with Crippen LogP contribution < -0.4 is 9.47 Å². The Morgan fingerprint density at radius 2 is 2.19 bits per heavy atom. The van der Waals surface area contributed by atoms with Crippen molar-refractivity contribution in [2.45, 2.75) is 12.8 Å². The fraction of sp³-hybridized carbons (Fsp3) is 0.364. The largest absolute Gasteiger partial charge is 0.489 e. The molecule has 1 aliphatic rings. The van der Waals surface area contributed by atoms with Crippen molar-refractivity contribution in [2.75, 3.05) is 13.2 Å². The second-order valence-corrected chi connectivity index (χ2v) is 3.75. The molecule has 0 saturated carbocycles. The van der Waals surface area contributed by atoms with Crippen molar-refractivity contribution in [2.24, 2.45) is 0 Å². The van der Waals surface area contributed by atoms with E-state index in [0.717, 1.165) is 6.42 Å². The van der Waals surface area contributed by atoms with Crippen molar-refractivity contribution < 1.29 is 13.9 Å². The highest BCUT2D eigenvalue weighted by Crippen LogP contribution is 2.40. The second kappa shape index (κ2) is 4.58. The maximum atomic E-state index is 13.7. The van der Waals surface area contributed by atoms with E-state index in [0.29, 0.717) is 19.0 Å². The number of ether oxygens (including phenoxy) is 2. The standard InChI is InChI=1S/C11H9ClFNO2/c12-9-10(13)7(2-3-14)6-8-11(9)16-5-1-4-15-8/h6H,1-2,4-5H2. The quantitative estimate of drug-likeness (QED) is 0.759. The number of rotatable bonds is 1. The number of halogens is 2. The monoisotopic (exact) mass is 241 g/mol. The SMILES string of the molecule is N#CCc1cc2c(c(Cl)c1F)OCCCO2. The van der Waals surface area contributed by atoms with Crippen LogP contribution in [0.25, 0.3) is 0 Å². The van der Waals surface area contributed by atoms with Crippen LogP contribution in [-0.4, -0.2) is 13.2 Å². The van der Waals surface area contributed by atoms with Gasteiger partial charge in [-0.25, -0.2) is 4.39 Å². The van der Waals surface area contributed by atoms with Crippen molar-refractivity contribution in [1.82, 2.24) is 0 Å². The summed E-state index contributed by atoms with van der Waals surface area (Å²) in [6.07, 6.45) is 0.683. The molecule has 0 aliphatic carbocycles. The third-order valence-corrected chi connectivity index (χ3v) is 2.60. The highest BCUT2D eigenvalue weighted by Gasteiger charge is 2.20. The van der Waals surface area contributed by atoms with Crippen LogP contribution in [0.3, 0.4) is 0 Å². The lowest BCUT2D eigenvalue weighted by Gasteiger charge is -2.11. The van der Waals surface area contributed by atoms with Gasteiger partial charge in [0.15, 0.2) is 11.5 Å². The summed E-state index contributed by atoms with van der Waals surface area (Å²) in [5.74, 6) is 0.0416. The smallest absolute Gasteiger partial charge is 0.182 e.